The smallest absolute Gasteiger partial charge is 0.265 e. The molecule has 3 nitrogen and oxygen atoms in total. The molecule has 2 rings (SSSR count). The van der Waals surface area contributed by atoms with Crippen molar-refractivity contribution in [1.82, 2.24) is 0 Å². The molecule has 0 aliphatic heterocycles. The minimum Gasteiger partial charge on any atom is -0.479 e. The van der Waals surface area contributed by atoms with E-state index in [0.717, 1.165) is 16.8 Å². The van der Waals surface area contributed by atoms with Crippen LogP contribution in [0.1, 0.15) is 24.5 Å². The molecule has 0 saturated heterocycles. The molecule has 0 spiro atoms. The van der Waals surface area contributed by atoms with Gasteiger partial charge in [0.1, 0.15) is 5.75 Å². The molecule has 116 valence electrons. The Hall–Kier alpha value is -2.00. The highest BCUT2D eigenvalue weighted by atomic mass is 35.5. The first-order chi connectivity index (χ1) is 10.5. The molecule has 0 aliphatic carbocycles. The number of ether oxygens (including phenoxy) is 1. The van der Waals surface area contributed by atoms with Crippen LogP contribution in [-0.4, -0.2) is 12.0 Å². The largest absolute Gasteiger partial charge is 0.479 e. The van der Waals surface area contributed by atoms with Crippen LogP contribution in [0.15, 0.2) is 42.5 Å². The summed E-state index contributed by atoms with van der Waals surface area (Å²) in [4.78, 5) is 12.4. The van der Waals surface area contributed by atoms with Gasteiger partial charge in [-0.05, 0) is 55.7 Å². The molecule has 0 fully saturated rings. The fourth-order valence-electron chi connectivity index (χ4n) is 2.29. The van der Waals surface area contributed by atoms with Crippen LogP contribution >= 0.6 is 11.6 Å². The van der Waals surface area contributed by atoms with E-state index < -0.39 is 6.10 Å². The van der Waals surface area contributed by atoms with Crippen LogP contribution in [0.25, 0.3) is 0 Å². The van der Waals surface area contributed by atoms with Gasteiger partial charge in [-0.1, -0.05) is 36.7 Å². The Morgan fingerprint density at radius 2 is 1.82 bits per heavy atom. The third-order valence-corrected chi connectivity index (χ3v) is 3.57. The molecule has 22 heavy (non-hydrogen) atoms. The Morgan fingerprint density at radius 3 is 2.41 bits per heavy atom. The number of para-hydroxylation sites is 1. The number of nitrogens with one attached hydrogen (secondary N) is 1. The van der Waals surface area contributed by atoms with E-state index in [2.05, 4.69) is 11.4 Å². The van der Waals surface area contributed by atoms with Gasteiger partial charge in [0.05, 0.1) is 5.02 Å². The lowest BCUT2D eigenvalue weighted by molar-refractivity contribution is -0.122. The molecule has 0 aliphatic rings. The van der Waals surface area contributed by atoms with E-state index in [9.17, 15) is 4.79 Å². The summed E-state index contributed by atoms with van der Waals surface area (Å²) in [5, 5.41) is 3.41. The number of hydrogen-bond acceptors (Lipinski definition) is 2. The molecule has 0 bridgehead atoms. The zero-order chi connectivity index (χ0) is 16.1. The van der Waals surface area contributed by atoms with Crippen molar-refractivity contribution in [2.24, 2.45) is 0 Å². The molecular formula is C18H20ClNO2. The first-order valence-electron chi connectivity index (χ1n) is 7.30. The quantitative estimate of drug-likeness (QED) is 0.864. The maximum absolute atomic E-state index is 12.4. The number of carbonyl (C=O) groups is 1. The van der Waals surface area contributed by atoms with Crippen molar-refractivity contribution in [2.75, 3.05) is 5.32 Å². The van der Waals surface area contributed by atoms with E-state index in [4.69, 9.17) is 16.3 Å². The first-order valence-corrected chi connectivity index (χ1v) is 7.67. The van der Waals surface area contributed by atoms with Gasteiger partial charge in [0.2, 0.25) is 0 Å². The van der Waals surface area contributed by atoms with Crippen molar-refractivity contribution in [1.29, 1.82) is 0 Å². The average molecular weight is 318 g/mol. The minimum atomic E-state index is -0.583. The van der Waals surface area contributed by atoms with Gasteiger partial charge in [0, 0.05) is 5.69 Å². The van der Waals surface area contributed by atoms with Gasteiger partial charge in [-0.15, -0.1) is 0 Å². The van der Waals surface area contributed by atoms with E-state index in [0.29, 0.717) is 17.2 Å². The molecule has 0 aromatic heterocycles. The second-order valence-corrected chi connectivity index (χ2v) is 5.72. The zero-order valence-electron chi connectivity index (χ0n) is 13.0. The number of rotatable bonds is 5. The van der Waals surface area contributed by atoms with Gasteiger partial charge in [0.25, 0.3) is 5.91 Å². The summed E-state index contributed by atoms with van der Waals surface area (Å²) in [5.41, 5.74) is 2.99. The number of hydrogen-bond donors (Lipinski definition) is 1. The molecule has 0 radical (unpaired) electrons. The van der Waals surface area contributed by atoms with Gasteiger partial charge in [-0.3, -0.25) is 4.79 Å². The van der Waals surface area contributed by atoms with Gasteiger partial charge in [-0.2, -0.15) is 0 Å². The van der Waals surface area contributed by atoms with E-state index in [1.165, 1.54) is 0 Å². The van der Waals surface area contributed by atoms with Crippen LogP contribution in [-0.2, 0) is 4.79 Å². The van der Waals surface area contributed by atoms with Gasteiger partial charge in [-0.25, -0.2) is 0 Å². The summed E-state index contributed by atoms with van der Waals surface area (Å²) < 4.78 is 5.74. The summed E-state index contributed by atoms with van der Waals surface area (Å²) in [6.45, 7) is 5.91. The lowest BCUT2D eigenvalue weighted by Crippen LogP contribution is -2.32. The number of aryl methyl sites for hydroxylation is 2. The Kier molecular flexibility index (Phi) is 5.45. The summed E-state index contributed by atoms with van der Waals surface area (Å²) in [6, 6.07) is 13.1. The van der Waals surface area contributed by atoms with Crippen LogP contribution in [0.2, 0.25) is 5.02 Å². The van der Waals surface area contributed by atoms with Crippen LogP contribution in [0, 0.1) is 13.8 Å². The molecule has 0 saturated carbocycles. The van der Waals surface area contributed by atoms with Crippen molar-refractivity contribution < 1.29 is 9.53 Å². The molecule has 1 amide bonds. The Morgan fingerprint density at radius 1 is 1.18 bits per heavy atom. The lowest BCUT2D eigenvalue weighted by atomic mass is 10.1. The monoisotopic (exact) mass is 317 g/mol. The predicted molar refractivity (Wildman–Crippen MR) is 90.7 cm³/mol. The molecular weight excluding hydrogens is 298 g/mol. The predicted octanol–water partition coefficient (Wildman–Crippen LogP) is 4.75. The lowest BCUT2D eigenvalue weighted by Gasteiger charge is -2.18. The molecule has 0 unspecified atom stereocenters. The Bertz CT molecular complexity index is 650. The highest BCUT2D eigenvalue weighted by molar-refractivity contribution is 6.32. The van der Waals surface area contributed by atoms with Crippen LogP contribution in [0.4, 0.5) is 5.69 Å². The number of anilines is 1. The van der Waals surface area contributed by atoms with Crippen molar-refractivity contribution in [3.8, 4) is 5.75 Å². The fourth-order valence-corrected chi connectivity index (χ4v) is 2.47. The van der Waals surface area contributed by atoms with E-state index >= 15 is 0 Å². The maximum atomic E-state index is 12.4. The van der Waals surface area contributed by atoms with Crippen LogP contribution < -0.4 is 10.1 Å². The molecule has 1 atom stereocenters. The summed E-state index contributed by atoms with van der Waals surface area (Å²) >= 11 is 6.08. The fraction of sp³-hybridized carbons (Fsp3) is 0.278. The van der Waals surface area contributed by atoms with Gasteiger partial charge < -0.3 is 10.1 Å². The van der Waals surface area contributed by atoms with Gasteiger partial charge in [0.15, 0.2) is 6.10 Å². The zero-order valence-corrected chi connectivity index (χ0v) is 13.8. The standard InChI is InChI=1S/C18H20ClNO2/c1-4-16(22-17-8-6-5-7-15(17)19)18(21)20-14-10-12(2)9-13(3)11-14/h5-11,16H,4H2,1-3H3,(H,20,21)/t16-/m0/s1. The van der Waals surface area contributed by atoms with Crippen molar-refractivity contribution in [2.45, 2.75) is 33.3 Å². The second-order valence-electron chi connectivity index (χ2n) is 5.31. The highest BCUT2D eigenvalue weighted by Crippen LogP contribution is 2.25. The molecule has 1 N–H and O–H groups in total. The van der Waals surface area contributed by atoms with Crippen LogP contribution in [0.5, 0.6) is 5.75 Å². The average Bonchev–Trinajstić information content (AvgIpc) is 2.45. The molecule has 2 aromatic carbocycles. The van der Waals surface area contributed by atoms with E-state index in [1.54, 1.807) is 12.1 Å². The number of carbonyl (C=O) groups excluding carboxylic acids is 1. The van der Waals surface area contributed by atoms with Crippen LogP contribution in [0.3, 0.4) is 0 Å². The summed E-state index contributed by atoms with van der Waals surface area (Å²) in [7, 11) is 0. The molecule has 4 heteroatoms. The van der Waals surface area contributed by atoms with Gasteiger partial charge >= 0.3 is 0 Å². The number of halogens is 1. The third kappa shape index (κ3) is 4.25. The van der Waals surface area contributed by atoms with E-state index in [-0.39, 0.29) is 5.91 Å². The SMILES string of the molecule is CC[C@H](Oc1ccccc1Cl)C(=O)Nc1cc(C)cc(C)c1. The van der Waals surface area contributed by atoms with E-state index in [1.807, 2.05) is 45.0 Å². The molecule has 2 aromatic rings. The normalized spacial score (nSPS) is 11.8. The molecule has 0 heterocycles. The Balaban J connectivity index is 2.10. The second kappa shape index (κ2) is 7.32. The summed E-state index contributed by atoms with van der Waals surface area (Å²) in [6.07, 6.45) is -0.0253. The van der Waals surface area contributed by atoms with Crippen molar-refractivity contribution >= 4 is 23.2 Å². The first kappa shape index (κ1) is 16.4. The number of amides is 1. The minimum absolute atomic E-state index is 0.174. The number of benzene rings is 2. The maximum Gasteiger partial charge on any atom is 0.265 e. The van der Waals surface area contributed by atoms with Crippen molar-refractivity contribution in [3.63, 3.8) is 0 Å². The van der Waals surface area contributed by atoms with Crippen molar-refractivity contribution in [3.05, 3.63) is 58.6 Å². The highest BCUT2D eigenvalue weighted by Gasteiger charge is 2.19. The third-order valence-electron chi connectivity index (χ3n) is 3.26. The summed E-state index contributed by atoms with van der Waals surface area (Å²) in [5.74, 6) is 0.346. The Labute approximate surface area is 136 Å². The topological polar surface area (TPSA) is 38.3 Å².